The Hall–Kier alpha value is -1.39. The molecule has 0 radical (unpaired) electrons. The molecule has 2 rings (SSSR count). The van der Waals surface area contributed by atoms with Crippen LogP contribution in [0.15, 0.2) is 29.6 Å². The first-order chi connectivity index (χ1) is 8.67. The molecule has 1 heterocycles. The van der Waals surface area contributed by atoms with Gasteiger partial charge in [-0.2, -0.15) is 0 Å². The summed E-state index contributed by atoms with van der Waals surface area (Å²) >= 11 is 7.47. The van der Waals surface area contributed by atoms with Gasteiger partial charge in [-0.05, 0) is 17.7 Å². The lowest BCUT2D eigenvalue weighted by Gasteiger charge is -1.98. The highest BCUT2D eigenvalue weighted by Gasteiger charge is 2.08. The maximum absolute atomic E-state index is 11.1. The Morgan fingerprint density at radius 2 is 2.33 bits per heavy atom. The molecule has 0 aliphatic rings. The minimum absolute atomic E-state index is 0.225. The van der Waals surface area contributed by atoms with Gasteiger partial charge in [-0.3, -0.25) is 4.79 Å². The lowest BCUT2D eigenvalue weighted by molar-refractivity contribution is -0.139. The van der Waals surface area contributed by atoms with Gasteiger partial charge in [-0.15, -0.1) is 11.3 Å². The van der Waals surface area contributed by atoms with Gasteiger partial charge in [0.15, 0.2) is 0 Å². The maximum Gasteiger partial charge on any atom is 0.311 e. The van der Waals surface area contributed by atoms with Crippen LogP contribution in [0.5, 0.6) is 0 Å². The van der Waals surface area contributed by atoms with Crippen LogP contribution in [0.2, 0.25) is 5.02 Å². The summed E-state index contributed by atoms with van der Waals surface area (Å²) in [5.41, 5.74) is 1.87. The predicted molar refractivity (Wildman–Crippen MR) is 72.1 cm³/mol. The highest BCUT2D eigenvalue weighted by molar-refractivity contribution is 7.09. The maximum atomic E-state index is 11.1. The third-order valence-corrected chi connectivity index (χ3v) is 3.53. The van der Waals surface area contributed by atoms with Crippen LogP contribution in [0.4, 0.5) is 0 Å². The Balaban J connectivity index is 2.04. The summed E-state index contributed by atoms with van der Waals surface area (Å²) in [4.78, 5) is 15.5. The third-order valence-electron chi connectivity index (χ3n) is 2.40. The number of methoxy groups -OCH3 is 1. The van der Waals surface area contributed by atoms with E-state index in [1.54, 1.807) is 11.3 Å². The number of thiazole rings is 1. The van der Waals surface area contributed by atoms with Crippen molar-refractivity contribution in [2.45, 2.75) is 12.8 Å². The van der Waals surface area contributed by atoms with Gasteiger partial charge in [0, 0.05) is 16.8 Å². The number of halogens is 1. The molecule has 0 fully saturated rings. The Labute approximate surface area is 114 Å². The molecular formula is C13H12ClNO2S. The molecule has 5 heteroatoms. The first-order valence-electron chi connectivity index (χ1n) is 5.42. The van der Waals surface area contributed by atoms with Crippen LogP contribution in [-0.2, 0) is 22.4 Å². The van der Waals surface area contributed by atoms with Crippen molar-refractivity contribution in [3.63, 3.8) is 0 Å². The first-order valence-corrected chi connectivity index (χ1v) is 6.67. The van der Waals surface area contributed by atoms with E-state index in [9.17, 15) is 4.79 Å². The van der Waals surface area contributed by atoms with E-state index < -0.39 is 0 Å². The number of carbonyl (C=O) groups excluding carboxylic acids is 1. The minimum atomic E-state index is -0.269. The molecule has 3 nitrogen and oxygen atoms in total. The van der Waals surface area contributed by atoms with Crippen molar-refractivity contribution in [3.8, 4) is 0 Å². The molecular weight excluding hydrogens is 270 g/mol. The summed E-state index contributed by atoms with van der Waals surface area (Å²) in [6.07, 6.45) is 0.953. The van der Waals surface area contributed by atoms with Gasteiger partial charge in [0.25, 0.3) is 0 Å². The smallest absolute Gasteiger partial charge is 0.311 e. The number of ether oxygens (including phenoxy) is 1. The van der Waals surface area contributed by atoms with Crippen molar-refractivity contribution in [2.24, 2.45) is 0 Å². The number of nitrogens with zero attached hydrogens (tertiary/aromatic N) is 1. The van der Waals surface area contributed by atoms with Crippen LogP contribution in [0.3, 0.4) is 0 Å². The van der Waals surface area contributed by atoms with E-state index in [0.717, 1.165) is 27.7 Å². The fraction of sp³-hybridized carbons (Fsp3) is 0.231. The zero-order valence-electron chi connectivity index (χ0n) is 9.85. The Morgan fingerprint density at radius 3 is 3.06 bits per heavy atom. The molecule has 0 saturated heterocycles. The van der Waals surface area contributed by atoms with Gasteiger partial charge in [-0.25, -0.2) is 4.98 Å². The molecule has 0 amide bonds. The van der Waals surface area contributed by atoms with E-state index in [1.807, 2.05) is 29.6 Å². The largest absolute Gasteiger partial charge is 0.469 e. The van der Waals surface area contributed by atoms with E-state index in [1.165, 1.54) is 7.11 Å². The van der Waals surface area contributed by atoms with Crippen molar-refractivity contribution in [1.82, 2.24) is 4.98 Å². The van der Waals surface area contributed by atoms with Crippen LogP contribution in [-0.4, -0.2) is 18.1 Å². The standard InChI is InChI=1S/C13H12ClNO2S/c1-17-13(16)7-11-8-18-12(15-11)6-9-3-2-4-10(14)5-9/h2-5,8H,6-7H2,1H3. The van der Waals surface area contributed by atoms with Gasteiger partial charge >= 0.3 is 5.97 Å². The highest BCUT2D eigenvalue weighted by Crippen LogP contribution is 2.18. The van der Waals surface area contributed by atoms with Gasteiger partial charge in [0.1, 0.15) is 0 Å². The topological polar surface area (TPSA) is 39.2 Å². The molecule has 0 atom stereocenters. The van der Waals surface area contributed by atoms with Crippen molar-refractivity contribution < 1.29 is 9.53 Å². The molecule has 0 aliphatic carbocycles. The molecule has 0 N–H and O–H groups in total. The van der Waals surface area contributed by atoms with E-state index in [2.05, 4.69) is 9.72 Å². The predicted octanol–water partition coefficient (Wildman–Crippen LogP) is 3.10. The van der Waals surface area contributed by atoms with Crippen molar-refractivity contribution in [3.05, 3.63) is 50.9 Å². The second-order valence-electron chi connectivity index (χ2n) is 3.79. The molecule has 1 aromatic heterocycles. The van der Waals surface area contributed by atoms with Crippen molar-refractivity contribution in [2.75, 3.05) is 7.11 Å². The summed E-state index contributed by atoms with van der Waals surface area (Å²) in [5, 5.41) is 3.58. The van der Waals surface area contributed by atoms with Crippen LogP contribution in [0.1, 0.15) is 16.3 Å². The second-order valence-corrected chi connectivity index (χ2v) is 5.17. The second kappa shape index (κ2) is 5.98. The lowest BCUT2D eigenvalue weighted by atomic mass is 10.2. The summed E-state index contributed by atoms with van der Waals surface area (Å²) in [7, 11) is 1.38. The van der Waals surface area contributed by atoms with Crippen molar-refractivity contribution >= 4 is 28.9 Å². The number of aromatic nitrogens is 1. The van der Waals surface area contributed by atoms with Crippen LogP contribution >= 0.6 is 22.9 Å². The van der Waals surface area contributed by atoms with Crippen LogP contribution in [0.25, 0.3) is 0 Å². The Bertz CT molecular complexity index is 553. The van der Waals surface area contributed by atoms with Crippen LogP contribution in [0, 0.1) is 0 Å². The van der Waals surface area contributed by atoms with Gasteiger partial charge < -0.3 is 4.74 Å². The molecule has 0 unspecified atom stereocenters. The molecule has 18 heavy (non-hydrogen) atoms. The fourth-order valence-corrected chi connectivity index (χ4v) is 2.59. The molecule has 1 aromatic carbocycles. The SMILES string of the molecule is COC(=O)Cc1csc(Cc2cccc(Cl)c2)n1. The first kappa shape index (κ1) is 13.1. The van der Waals surface area contributed by atoms with E-state index in [4.69, 9.17) is 11.6 Å². The average molecular weight is 282 g/mol. The zero-order valence-corrected chi connectivity index (χ0v) is 11.4. The number of carbonyl (C=O) groups is 1. The quantitative estimate of drug-likeness (QED) is 0.809. The summed E-state index contributed by atoms with van der Waals surface area (Å²) in [5.74, 6) is -0.269. The van der Waals surface area contributed by atoms with Crippen molar-refractivity contribution in [1.29, 1.82) is 0 Å². The van der Waals surface area contributed by atoms with Gasteiger partial charge in [-0.1, -0.05) is 23.7 Å². The monoisotopic (exact) mass is 281 g/mol. The van der Waals surface area contributed by atoms with Gasteiger partial charge in [0.2, 0.25) is 0 Å². The molecule has 0 saturated carbocycles. The molecule has 2 aromatic rings. The lowest BCUT2D eigenvalue weighted by Crippen LogP contribution is -2.04. The Kier molecular flexibility index (Phi) is 4.33. The van der Waals surface area contributed by atoms with E-state index >= 15 is 0 Å². The number of rotatable bonds is 4. The van der Waals surface area contributed by atoms with E-state index in [-0.39, 0.29) is 12.4 Å². The fourth-order valence-electron chi connectivity index (χ4n) is 1.55. The summed E-state index contributed by atoms with van der Waals surface area (Å²) in [6, 6.07) is 7.69. The van der Waals surface area contributed by atoms with Gasteiger partial charge in [0.05, 0.1) is 24.2 Å². The number of esters is 1. The summed E-state index contributed by atoms with van der Waals surface area (Å²) < 4.78 is 4.61. The number of hydrogen-bond donors (Lipinski definition) is 0. The molecule has 0 bridgehead atoms. The number of benzene rings is 1. The molecule has 0 aliphatic heterocycles. The third kappa shape index (κ3) is 3.55. The molecule has 0 spiro atoms. The minimum Gasteiger partial charge on any atom is -0.469 e. The average Bonchev–Trinajstić information content (AvgIpc) is 2.76. The Morgan fingerprint density at radius 1 is 1.50 bits per heavy atom. The zero-order chi connectivity index (χ0) is 13.0. The van der Waals surface area contributed by atoms with Crippen LogP contribution < -0.4 is 0 Å². The highest BCUT2D eigenvalue weighted by atomic mass is 35.5. The number of hydrogen-bond acceptors (Lipinski definition) is 4. The normalized spacial score (nSPS) is 10.3. The summed E-state index contributed by atoms with van der Waals surface area (Å²) in [6.45, 7) is 0. The molecule has 94 valence electrons. The van der Waals surface area contributed by atoms with E-state index in [0.29, 0.717) is 0 Å².